The van der Waals surface area contributed by atoms with Crippen molar-refractivity contribution in [3.8, 4) is 0 Å². The molecular formula is C6H3BrNNaO. The molecule has 0 amide bonds. The zero-order valence-corrected chi connectivity index (χ0v) is 9.05. The normalized spacial score (nSPS) is 8.10. The fraction of sp³-hybridized carbons (Fsp3) is 0. The topological polar surface area (TPSA) is 30.0 Å². The van der Waals surface area contributed by atoms with Crippen LogP contribution in [-0.2, 0) is 4.79 Å². The van der Waals surface area contributed by atoms with Crippen LogP contribution in [0, 0.1) is 0 Å². The van der Waals surface area contributed by atoms with Gasteiger partial charge in [0.1, 0.15) is 0 Å². The fourth-order valence-corrected chi connectivity index (χ4v) is 0.671. The molecule has 2 nitrogen and oxygen atoms in total. The van der Waals surface area contributed by atoms with Crippen LogP contribution < -0.4 is 29.6 Å². The minimum Gasteiger partial charge on any atom is -0.417 e. The number of hydrogen-bond donors (Lipinski definition) is 0. The van der Waals surface area contributed by atoms with Gasteiger partial charge in [0.05, 0.1) is 0 Å². The van der Waals surface area contributed by atoms with Crippen LogP contribution in [-0.4, -0.2) is 11.3 Å². The Bertz CT molecular complexity index is 211. The number of halogens is 1. The van der Waals surface area contributed by atoms with Crippen LogP contribution in [0.25, 0.3) is 0 Å². The molecule has 1 heterocycles. The maximum atomic E-state index is 9.91. The average Bonchev–Trinajstić information content (AvgIpc) is 1.90. The van der Waals surface area contributed by atoms with Crippen LogP contribution in [0.4, 0.5) is 0 Å². The van der Waals surface area contributed by atoms with Crippen molar-refractivity contribution in [2.24, 2.45) is 0 Å². The van der Waals surface area contributed by atoms with E-state index in [1.54, 1.807) is 24.6 Å². The first-order valence-electron chi connectivity index (χ1n) is 2.32. The third kappa shape index (κ3) is 2.92. The zero-order chi connectivity index (χ0) is 6.69. The first-order valence-corrected chi connectivity index (χ1v) is 3.12. The van der Waals surface area contributed by atoms with Crippen LogP contribution in [0.3, 0.4) is 0 Å². The standard InChI is InChI=1S/C6H3BrNO.Na/c7-5-1-2-6(4-9)8-3-5;/h1-3H;/q-1;+1. The number of rotatable bonds is 1. The van der Waals surface area contributed by atoms with Crippen molar-refractivity contribution in [2.45, 2.75) is 0 Å². The van der Waals surface area contributed by atoms with Crippen molar-refractivity contribution >= 4 is 22.2 Å². The van der Waals surface area contributed by atoms with E-state index in [1.165, 1.54) is 0 Å². The number of nitrogens with zero attached hydrogens (tertiary/aromatic N) is 1. The molecule has 0 fully saturated rings. The van der Waals surface area contributed by atoms with Crippen LogP contribution in [0.15, 0.2) is 22.8 Å². The van der Waals surface area contributed by atoms with Crippen molar-refractivity contribution in [3.63, 3.8) is 0 Å². The average molecular weight is 208 g/mol. The second-order valence-corrected chi connectivity index (χ2v) is 2.38. The van der Waals surface area contributed by atoms with Crippen molar-refractivity contribution in [3.05, 3.63) is 28.5 Å². The van der Waals surface area contributed by atoms with Crippen molar-refractivity contribution in [1.82, 2.24) is 4.98 Å². The molecule has 0 aliphatic rings. The summed E-state index contributed by atoms with van der Waals surface area (Å²) in [4.78, 5) is 13.6. The third-order valence-corrected chi connectivity index (χ3v) is 1.30. The van der Waals surface area contributed by atoms with Gasteiger partial charge in [-0.2, -0.15) is 6.07 Å². The van der Waals surface area contributed by atoms with E-state index in [9.17, 15) is 4.79 Å². The van der Waals surface area contributed by atoms with Crippen molar-refractivity contribution in [2.75, 3.05) is 0 Å². The predicted octanol–water partition coefficient (Wildman–Crippen LogP) is -1.69. The van der Waals surface area contributed by atoms with E-state index in [4.69, 9.17) is 0 Å². The molecule has 0 spiro atoms. The van der Waals surface area contributed by atoms with Crippen LogP contribution >= 0.6 is 15.9 Å². The molecule has 0 bridgehead atoms. The smallest absolute Gasteiger partial charge is 0.417 e. The van der Waals surface area contributed by atoms with Gasteiger partial charge in [-0.3, -0.25) is 4.98 Å². The van der Waals surface area contributed by atoms with Gasteiger partial charge in [0.25, 0.3) is 0 Å². The summed E-state index contributed by atoms with van der Waals surface area (Å²) >= 11 is 3.18. The van der Waals surface area contributed by atoms with Gasteiger partial charge in [-0.25, -0.2) is 0 Å². The Morgan fingerprint density at radius 2 is 2.20 bits per heavy atom. The molecule has 0 unspecified atom stereocenters. The van der Waals surface area contributed by atoms with Crippen molar-refractivity contribution < 1.29 is 34.4 Å². The first-order chi connectivity index (χ1) is 4.33. The molecule has 0 N–H and O–H groups in total. The monoisotopic (exact) mass is 207 g/mol. The Kier molecular flexibility index (Phi) is 5.17. The molecule has 0 atom stereocenters. The molecule has 0 aromatic carbocycles. The van der Waals surface area contributed by atoms with Gasteiger partial charge >= 0.3 is 29.6 Å². The second kappa shape index (κ2) is 5.02. The fourth-order valence-electron chi connectivity index (χ4n) is 0.436. The molecule has 0 radical (unpaired) electrons. The van der Waals surface area contributed by atoms with E-state index in [-0.39, 0.29) is 29.6 Å². The second-order valence-electron chi connectivity index (χ2n) is 1.46. The van der Waals surface area contributed by atoms with Gasteiger partial charge < -0.3 is 4.79 Å². The van der Waals surface area contributed by atoms with Gasteiger partial charge in [-0.15, -0.1) is 6.07 Å². The Morgan fingerprint density at radius 1 is 1.50 bits per heavy atom. The molecule has 0 aliphatic heterocycles. The SMILES string of the molecule is O=[C-]c1ccc(Br)cn1.[Na+]. The Morgan fingerprint density at radius 3 is 2.60 bits per heavy atom. The van der Waals surface area contributed by atoms with E-state index >= 15 is 0 Å². The van der Waals surface area contributed by atoms with E-state index < -0.39 is 0 Å². The van der Waals surface area contributed by atoms with Gasteiger partial charge in [0.2, 0.25) is 0 Å². The predicted molar refractivity (Wildman–Crippen MR) is 36.7 cm³/mol. The molecule has 4 heteroatoms. The summed E-state index contributed by atoms with van der Waals surface area (Å²) in [5, 5.41) is 0. The Labute approximate surface area is 89.5 Å². The number of carbonyl (C=O) groups excluding carboxylic acids is 1. The summed E-state index contributed by atoms with van der Waals surface area (Å²) in [6.07, 6.45) is 3.23. The van der Waals surface area contributed by atoms with E-state index in [0.29, 0.717) is 5.69 Å². The summed E-state index contributed by atoms with van der Waals surface area (Å²) in [6.45, 7) is 0. The quantitative estimate of drug-likeness (QED) is 0.407. The van der Waals surface area contributed by atoms with Crippen LogP contribution in [0.5, 0.6) is 0 Å². The summed E-state index contributed by atoms with van der Waals surface area (Å²) in [6, 6.07) is 3.34. The number of hydrogen-bond acceptors (Lipinski definition) is 2. The first kappa shape index (κ1) is 10.3. The summed E-state index contributed by atoms with van der Waals surface area (Å²) in [7, 11) is 0. The van der Waals surface area contributed by atoms with Gasteiger partial charge in [-0.05, 0) is 0 Å². The molecule has 0 saturated heterocycles. The summed E-state index contributed by atoms with van der Waals surface area (Å²) < 4.78 is 0.863. The van der Waals surface area contributed by atoms with Gasteiger partial charge in [0.15, 0.2) is 0 Å². The molecular weight excluding hydrogens is 205 g/mol. The molecule has 1 rings (SSSR count). The minimum absolute atomic E-state index is 0. The van der Waals surface area contributed by atoms with E-state index in [1.807, 2.05) is 0 Å². The maximum absolute atomic E-state index is 9.91. The molecule has 46 valence electrons. The maximum Gasteiger partial charge on any atom is 1.00 e. The van der Waals surface area contributed by atoms with Gasteiger partial charge in [-0.1, -0.05) is 21.6 Å². The summed E-state index contributed by atoms with van der Waals surface area (Å²) in [5.74, 6) is 0. The zero-order valence-electron chi connectivity index (χ0n) is 5.47. The third-order valence-electron chi connectivity index (χ3n) is 0.832. The number of aromatic nitrogens is 1. The van der Waals surface area contributed by atoms with Crippen LogP contribution in [0.2, 0.25) is 0 Å². The Balaban J connectivity index is 0.000000810. The number of pyridine rings is 1. The largest absolute Gasteiger partial charge is 1.00 e. The van der Waals surface area contributed by atoms with Crippen molar-refractivity contribution in [1.29, 1.82) is 0 Å². The van der Waals surface area contributed by atoms with Gasteiger partial charge in [0, 0.05) is 17.0 Å². The molecule has 10 heavy (non-hydrogen) atoms. The molecule has 0 saturated carbocycles. The molecule has 0 aliphatic carbocycles. The minimum atomic E-state index is 0. The van der Waals surface area contributed by atoms with E-state index in [2.05, 4.69) is 20.9 Å². The summed E-state index contributed by atoms with van der Waals surface area (Å²) in [5.41, 5.74) is 0.332. The molecule has 1 aromatic rings. The van der Waals surface area contributed by atoms with E-state index in [0.717, 1.165) is 4.47 Å². The molecule has 1 aromatic heterocycles. The van der Waals surface area contributed by atoms with Crippen LogP contribution in [0.1, 0.15) is 5.69 Å². The Hall–Kier alpha value is 0.300.